The standard InChI is InChI=1S/C12H16N6O/c13-4-1-5-18-11-7(10(17-18)12(14)19)2-3-9-8(11)6-15-16-9/h6H,1-5,13H2,(H2,14,19)(H,15,16). The maximum atomic E-state index is 11.5. The zero-order chi connectivity index (χ0) is 13.4. The van der Waals surface area contributed by atoms with E-state index in [1.807, 2.05) is 4.68 Å². The van der Waals surface area contributed by atoms with Crippen molar-refractivity contribution in [1.82, 2.24) is 20.0 Å². The molecule has 0 bridgehead atoms. The zero-order valence-electron chi connectivity index (χ0n) is 10.5. The van der Waals surface area contributed by atoms with E-state index in [0.29, 0.717) is 18.8 Å². The fourth-order valence-corrected chi connectivity index (χ4v) is 2.60. The van der Waals surface area contributed by atoms with Gasteiger partial charge in [0.25, 0.3) is 5.91 Å². The summed E-state index contributed by atoms with van der Waals surface area (Å²) in [5.41, 5.74) is 15.3. The molecule has 1 aliphatic rings. The molecule has 2 aromatic heterocycles. The first-order valence-electron chi connectivity index (χ1n) is 6.34. The van der Waals surface area contributed by atoms with Gasteiger partial charge in [-0.2, -0.15) is 10.2 Å². The molecule has 2 aromatic rings. The van der Waals surface area contributed by atoms with Gasteiger partial charge in [0.2, 0.25) is 0 Å². The second-order valence-corrected chi connectivity index (χ2v) is 4.67. The van der Waals surface area contributed by atoms with Crippen LogP contribution >= 0.6 is 0 Å². The van der Waals surface area contributed by atoms with Crippen molar-refractivity contribution in [3.63, 3.8) is 0 Å². The van der Waals surface area contributed by atoms with E-state index < -0.39 is 5.91 Å². The van der Waals surface area contributed by atoms with E-state index in [1.54, 1.807) is 6.20 Å². The summed E-state index contributed by atoms with van der Waals surface area (Å²) >= 11 is 0. The number of amides is 1. The molecule has 5 N–H and O–H groups in total. The highest BCUT2D eigenvalue weighted by Crippen LogP contribution is 2.34. The Hall–Kier alpha value is -2.15. The van der Waals surface area contributed by atoms with Gasteiger partial charge in [-0.15, -0.1) is 0 Å². The molecule has 1 amide bonds. The molecule has 7 nitrogen and oxygen atoms in total. The topological polar surface area (TPSA) is 116 Å². The van der Waals surface area contributed by atoms with Crippen molar-refractivity contribution in [1.29, 1.82) is 0 Å². The number of carbonyl (C=O) groups is 1. The van der Waals surface area contributed by atoms with Crippen LogP contribution in [0.4, 0.5) is 0 Å². The fraction of sp³-hybridized carbons (Fsp3) is 0.417. The lowest BCUT2D eigenvalue weighted by molar-refractivity contribution is 0.0994. The summed E-state index contributed by atoms with van der Waals surface area (Å²) in [7, 11) is 0. The third-order valence-corrected chi connectivity index (χ3v) is 3.46. The molecule has 0 aromatic carbocycles. The maximum Gasteiger partial charge on any atom is 0.269 e. The van der Waals surface area contributed by atoms with Gasteiger partial charge in [-0.25, -0.2) is 0 Å². The molecule has 0 saturated heterocycles. The van der Waals surface area contributed by atoms with Crippen molar-refractivity contribution in [2.75, 3.05) is 6.54 Å². The van der Waals surface area contributed by atoms with Crippen LogP contribution in [-0.4, -0.2) is 32.4 Å². The SMILES string of the molecule is NCCCn1nc(C(N)=O)c2c1-c1cn[nH]c1CC2. The van der Waals surface area contributed by atoms with Crippen LogP contribution in [-0.2, 0) is 19.4 Å². The third-order valence-electron chi connectivity index (χ3n) is 3.46. The van der Waals surface area contributed by atoms with Gasteiger partial charge in [0.05, 0.1) is 11.9 Å². The summed E-state index contributed by atoms with van der Waals surface area (Å²) in [6, 6.07) is 0. The molecular weight excluding hydrogens is 244 g/mol. The van der Waals surface area contributed by atoms with E-state index in [4.69, 9.17) is 11.5 Å². The van der Waals surface area contributed by atoms with Crippen LogP contribution in [0.25, 0.3) is 11.3 Å². The number of hydrogen-bond acceptors (Lipinski definition) is 4. The lowest BCUT2D eigenvalue weighted by atomic mass is 9.94. The number of fused-ring (bicyclic) bond motifs is 3. The van der Waals surface area contributed by atoms with Crippen LogP contribution in [0.3, 0.4) is 0 Å². The van der Waals surface area contributed by atoms with Gasteiger partial charge in [-0.05, 0) is 25.8 Å². The molecule has 1 aliphatic carbocycles. The third kappa shape index (κ3) is 1.82. The van der Waals surface area contributed by atoms with Gasteiger partial charge in [0.15, 0.2) is 5.69 Å². The first kappa shape index (κ1) is 11.9. The lowest BCUT2D eigenvalue weighted by Gasteiger charge is -2.14. The Morgan fingerprint density at radius 1 is 1.47 bits per heavy atom. The van der Waals surface area contributed by atoms with E-state index in [2.05, 4.69) is 15.3 Å². The summed E-state index contributed by atoms with van der Waals surface area (Å²) in [4.78, 5) is 11.5. The number of nitrogens with one attached hydrogen (secondary N) is 1. The highest BCUT2D eigenvalue weighted by molar-refractivity contribution is 5.94. The molecule has 0 aliphatic heterocycles. The number of hydrogen-bond donors (Lipinski definition) is 3. The number of carbonyl (C=O) groups excluding carboxylic acids is 1. The van der Waals surface area contributed by atoms with Crippen LogP contribution in [0.15, 0.2) is 6.20 Å². The Balaban J connectivity index is 2.15. The number of nitrogens with zero attached hydrogens (tertiary/aromatic N) is 3. The molecule has 0 atom stereocenters. The van der Waals surface area contributed by atoms with Crippen LogP contribution < -0.4 is 11.5 Å². The number of aromatic nitrogens is 4. The molecule has 0 fully saturated rings. The van der Waals surface area contributed by atoms with Crippen molar-refractivity contribution in [2.45, 2.75) is 25.8 Å². The lowest BCUT2D eigenvalue weighted by Crippen LogP contribution is -2.15. The molecular formula is C12H16N6O. The summed E-state index contributed by atoms with van der Waals surface area (Å²) in [5, 5.41) is 11.4. The zero-order valence-corrected chi connectivity index (χ0v) is 10.5. The molecule has 0 radical (unpaired) electrons. The normalized spacial score (nSPS) is 13.1. The molecule has 0 spiro atoms. The predicted molar refractivity (Wildman–Crippen MR) is 69.4 cm³/mol. The van der Waals surface area contributed by atoms with Gasteiger partial charge in [0.1, 0.15) is 0 Å². The number of aryl methyl sites for hydroxylation is 2. The Morgan fingerprint density at radius 3 is 3.05 bits per heavy atom. The van der Waals surface area contributed by atoms with Crippen LogP contribution in [0.1, 0.15) is 28.2 Å². The summed E-state index contributed by atoms with van der Waals surface area (Å²) < 4.78 is 1.83. The minimum Gasteiger partial charge on any atom is -0.364 e. The Labute approximate surface area is 110 Å². The number of aromatic amines is 1. The highest BCUT2D eigenvalue weighted by Gasteiger charge is 2.28. The van der Waals surface area contributed by atoms with Gasteiger partial charge >= 0.3 is 0 Å². The minimum absolute atomic E-state index is 0.374. The van der Waals surface area contributed by atoms with Gasteiger partial charge in [0, 0.05) is 23.4 Å². The number of nitrogens with two attached hydrogens (primary N) is 2. The Bertz CT molecular complexity index is 626. The molecule has 7 heteroatoms. The summed E-state index contributed by atoms with van der Waals surface area (Å²) in [6.45, 7) is 1.26. The van der Waals surface area contributed by atoms with Crippen molar-refractivity contribution in [2.24, 2.45) is 11.5 Å². The second kappa shape index (κ2) is 4.51. The molecule has 3 rings (SSSR count). The number of primary amides is 1. The number of rotatable bonds is 4. The average Bonchev–Trinajstić information content (AvgIpc) is 2.99. The van der Waals surface area contributed by atoms with Crippen molar-refractivity contribution < 1.29 is 4.79 Å². The quantitative estimate of drug-likeness (QED) is 0.707. The van der Waals surface area contributed by atoms with Gasteiger partial charge in [-0.1, -0.05) is 0 Å². The highest BCUT2D eigenvalue weighted by atomic mass is 16.1. The molecule has 19 heavy (non-hydrogen) atoms. The van der Waals surface area contributed by atoms with Gasteiger partial charge in [-0.3, -0.25) is 14.6 Å². The first-order chi connectivity index (χ1) is 9.22. The van der Waals surface area contributed by atoms with Crippen molar-refractivity contribution in [3.8, 4) is 11.3 Å². The van der Waals surface area contributed by atoms with E-state index in [9.17, 15) is 4.79 Å². The minimum atomic E-state index is -0.477. The van der Waals surface area contributed by atoms with E-state index >= 15 is 0 Å². The van der Waals surface area contributed by atoms with E-state index in [-0.39, 0.29) is 0 Å². The second-order valence-electron chi connectivity index (χ2n) is 4.67. The largest absolute Gasteiger partial charge is 0.364 e. The molecule has 2 heterocycles. The van der Waals surface area contributed by atoms with Gasteiger partial charge < -0.3 is 11.5 Å². The fourth-order valence-electron chi connectivity index (χ4n) is 2.60. The van der Waals surface area contributed by atoms with Crippen LogP contribution in [0.5, 0.6) is 0 Å². The predicted octanol–water partition coefficient (Wildman–Crippen LogP) is -0.180. The van der Waals surface area contributed by atoms with Crippen LogP contribution in [0, 0.1) is 0 Å². The molecule has 0 unspecified atom stereocenters. The Morgan fingerprint density at radius 2 is 2.32 bits per heavy atom. The summed E-state index contributed by atoms with van der Waals surface area (Å²) in [6.07, 6.45) is 4.16. The smallest absolute Gasteiger partial charge is 0.269 e. The monoisotopic (exact) mass is 260 g/mol. The first-order valence-corrected chi connectivity index (χ1v) is 6.34. The van der Waals surface area contributed by atoms with E-state index in [0.717, 1.165) is 41.8 Å². The van der Waals surface area contributed by atoms with Crippen LogP contribution in [0.2, 0.25) is 0 Å². The summed E-state index contributed by atoms with van der Waals surface area (Å²) in [5.74, 6) is -0.477. The number of H-pyrrole nitrogens is 1. The maximum absolute atomic E-state index is 11.5. The molecule has 100 valence electrons. The average molecular weight is 260 g/mol. The van der Waals surface area contributed by atoms with Crippen molar-refractivity contribution in [3.05, 3.63) is 23.1 Å². The van der Waals surface area contributed by atoms with E-state index in [1.165, 1.54) is 0 Å². The molecule has 0 saturated carbocycles. The van der Waals surface area contributed by atoms with Crippen molar-refractivity contribution >= 4 is 5.91 Å². The Kier molecular flexibility index (Phi) is 2.83.